The largest absolute Gasteiger partial charge is 0.339 e. The first-order valence-corrected chi connectivity index (χ1v) is 9.20. The number of carbonyl (C=O) groups is 2. The van der Waals surface area contributed by atoms with Crippen LogP contribution in [0, 0.1) is 10.1 Å². The standard InChI is InChI=1S/C23H17N3O4/c1-24(17-8-4-2-5-9-17)21-20(16-12-14-19(15-13-16)26(29)30)22(27)25(23(21)28)18-10-6-3-7-11-18/h2-15H,1H3. The minimum absolute atomic E-state index is 0.0889. The van der Waals surface area contributed by atoms with Crippen LogP contribution in [0.3, 0.4) is 0 Å². The maximum absolute atomic E-state index is 13.4. The van der Waals surface area contributed by atoms with E-state index in [2.05, 4.69) is 0 Å². The Balaban J connectivity index is 1.87. The molecular weight excluding hydrogens is 382 g/mol. The van der Waals surface area contributed by atoms with Crippen molar-refractivity contribution in [1.82, 2.24) is 0 Å². The summed E-state index contributed by atoms with van der Waals surface area (Å²) in [6, 6.07) is 23.5. The van der Waals surface area contributed by atoms with Gasteiger partial charge in [0.05, 0.1) is 16.2 Å². The molecule has 1 heterocycles. The summed E-state index contributed by atoms with van der Waals surface area (Å²) in [5, 5.41) is 11.0. The number of para-hydroxylation sites is 2. The van der Waals surface area contributed by atoms with Crippen molar-refractivity contribution in [3.8, 4) is 0 Å². The molecule has 3 aromatic carbocycles. The number of nitrogens with zero attached hydrogens (tertiary/aromatic N) is 3. The number of non-ortho nitro benzene ring substituents is 1. The second kappa shape index (κ2) is 7.63. The highest BCUT2D eigenvalue weighted by molar-refractivity contribution is 6.46. The van der Waals surface area contributed by atoms with Crippen molar-refractivity contribution in [2.45, 2.75) is 0 Å². The number of benzene rings is 3. The Labute approximate surface area is 172 Å². The predicted octanol–water partition coefficient (Wildman–Crippen LogP) is 4.02. The van der Waals surface area contributed by atoms with E-state index in [1.165, 1.54) is 24.3 Å². The summed E-state index contributed by atoms with van der Waals surface area (Å²) in [5.74, 6) is -0.927. The second-order valence-corrected chi connectivity index (χ2v) is 6.70. The number of likely N-dealkylation sites (N-methyl/N-ethyl adjacent to an activating group) is 1. The highest BCUT2D eigenvalue weighted by atomic mass is 16.6. The number of nitro benzene ring substituents is 1. The van der Waals surface area contributed by atoms with E-state index in [1.807, 2.05) is 30.3 Å². The zero-order chi connectivity index (χ0) is 21.3. The molecule has 1 aliphatic heterocycles. The van der Waals surface area contributed by atoms with Crippen LogP contribution in [0.4, 0.5) is 17.1 Å². The number of hydrogen-bond donors (Lipinski definition) is 0. The zero-order valence-corrected chi connectivity index (χ0v) is 16.1. The van der Waals surface area contributed by atoms with Crippen molar-refractivity contribution in [2.24, 2.45) is 0 Å². The maximum atomic E-state index is 13.4. The van der Waals surface area contributed by atoms with Gasteiger partial charge < -0.3 is 4.90 Å². The second-order valence-electron chi connectivity index (χ2n) is 6.70. The smallest absolute Gasteiger partial charge is 0.282 e. The van der Waals surface area contributed by atoms with Crippen LogP contribution < -0.4 is 9.80 Å². The van der Waals surface area contributed by atoms with Gasteiger partial charge in [0.2, 0.25) is 0 Å². The summed E-state index contributed by atoms with van der Waals surface area (Å²) in [7, 11) is 1.72. The Hall–Kier alpha value is -4.26. The first-order valence-electron chi connectivity index (χ1n) is 9.20. The molecule has 4 rings (SSSR count). The predicted molar refractivity (Wildman–Crippen MR) is 114 cm³/mol. The van der Waals surface area contributed by atoms with E-state index in [0.717, 1.165) is 10.6 Å². The molecular formula is C23H17N3O4. The third kappa shape index (κ3) is 3.22. The van der Waals surface area contributed by atoms with Gasteiger partial charge >= 0.3 is 0 Å². The normalized spacial score (nSPS) is 13.7. The molecule has 30 heavy (non-hydrogen) atoms. The molecule has 0 radical (unpaired) electrons. The molecule has 0 atom stereocenters. The van der Waals surface area contributed by atoms with Gasteiger partial charge in [-0.05, 0) is 42.0 Å². The number of nitro groups is 1. The fourth-order valence-corrected chi connectivity index (χ4v) is 3.43. The van der Waals surface area contributed by atoms with E-state index in [9.17, 15) is 19.7 Å². The molecule has 0 spiro atoms. The van der Waals surface area contributed by atoms with Crippen LogP contribution in [0.2, 0.25) is 0 Å². The number of amides is 2. The van der Waals surface area contributed by atoms with E-state index in [-0.39, 0.29) is 17.0 Å². The molecule has 1 aliphatic rings. The monoisotopic (exact) mass is 399 g/mol. The first kappa shape index (κ1) is 19.1. The van der Waals surface area contributed by atoms with Gasteiger partial charge in [-0.15, -0.1) is 0 Å². The zero-order valence-electron chi connectivity index (χ0n) is 16.1. The first-order chi connectivity index (χ1) is 14.5. The Morgan fingerprint density at radius 3 is 1.93 bits per heavy atom. The third-order valence-electron chi connectivity index (χ3n) is 4.92. The van der Waals surface area contributed by atoms with E-state index < -0.39 is 16.7 Å². The fourth-order valence-electron chi connectivity index (χ4n) is 3.43. The molecule has 0 aromatic heterocycles. The molecule has 0 saturated heterocycles. The number of anilines is 2. The fraction of sp³-hybridized carbons (Fsp3) is 0.0435. The lowest BCUT2D eigenvalue weighted by molar-refractivity contribution is -0.384. The van der Waals surface area contributed by atoms with E-state index in [0.29, 0.717) is 11.3 Å². The van der Waals surface area contributed by atoms with Crippen LogP contribution in [0.25, 0.3) is 5.57 Å². The Kier molecular flexibility index (Phi) is 4.85. The van der Waals surface area contributed by atoms with Crippen molar-refractivity contribution < 1.29 is 14.5 Å². The molecule has 0 N–H and O–H groups in total. The topological polar surface area (TPSA) is 83.8 Å². The van der Waals surface area contributed by atoms with E-state index in [4.69, 9.17) is 0 Å². The Morgan fingerprint density at radius 1 is 0.800 bits per heavy atom. The molecule has 3 aromatic rings. The highest BCUT2D eigenvalue weighted by Crippen LogP contribution is 2.36. The molecule has 7 heteroatoms. The molecule has 0 bridgehead atoms. The van der Waals surface area contributed by atoms with Gasteiger partial charge in [0.1, 0.15) is 5.70 Å². The van der Waals surface area contributed by atoms with Crippen LogP contribution in [-0.2, 0) is 9.59 Å². The molecule has 148 valence electrons. The maximum Gasteiger partial charge on any atom is 0.282 e. The van der Waals surface area contributed by atoms with Crippen molar-refractivity contribution in [3.63, 3.8) is 0 Å². The Morgan fingerprint density at radius 2 is 1.37 bits per heavy atom. The van der Waals surface area contributed by atoms with Gasteiger partial charge in [0, 0.05) is 24.9 Å². The summed E-state index contributed by atoms with van der Waals surface area (Å²) >= 11 is 0. The molecule has 0 fully saturated rings. The average molecular weight is 399 g/mol. The van der Waals surface area contributed by atoms with Crippen LogP contribution >= 0.6 is 0 Å². The van der Waals surface area contributed by atoms with Crippen LogP contribution in [0.15, 0.2) is 90.6 Å². The van der Waals surface area contributed by atoms with Gasteiger partial charge in [-0.3, -0.25) is 19.7 Å². The third-order valence-corrected chi connectivity index (χ3v) is 4.92. The minimum atomic E-state index is -0.507. The lowest BCUT2D eigenvalue weighted by Crippen LogP contribution is -2.34. The minimum Gasteiger partial charge on any atom is -0.339 e. The summed E-state index contributed by atoms with van der Waals surface area (Å²) in [4.78, 5) is 40.0. The van der Waals surface area contributed by atoms with Crippen LogP contribution in [0.1, 0.15) is 5.56 Å². The van der Waals surface area contributed by atoms with E-state index in [1.54, 1.807) is 42.3 Å². The highest BCUT2D eigenvalue weighted by Gasteiger charge is 2.42. The molecule has 0 aliphatic carbocycles. The summed E-state index contributed by atoms with van der Waals surface area (Å²) in [6.45, 7) is 0. The average Bonchev–Trinajstić information content (AvgIpc) is 3.04. The number of hydrogen-bond acceptors (Lipinski definition) is 5. The van der Waals surface area contributed by atoms with Gasteiger partial charge in [-0.1, -0.05) is 36.4 Å². The molecule has 0 unspecified atom stereocenters. The number of carbonyl (C=O) groups excluding carboxylic acids is 2. The van der Waals surface area contributed by atoms with Gasteiger partial charge in [0.15, 0.2) is 0 Å². The lowest BCUT2D eigenvalue weighted by atomic mass is 10.0. The molecule has 7 nitrogen and oxygen atoms in total. The van der Waals surface area contributed by atoms with Gasteiger partial charge in [-0.25, -0.2) is 4.90 Å². The number of imide groups is 1. The number of rotatable bonds is 5. The van der Waals surface area contributed by atoms with Gasteiger partial charge in [0.25, 0.3) is 17.5 Å². The van der Waals surface area contributed by atoms with Crippen LogP contribution in [-0.4, -0.2) is 23.8 Å². The quantitative estimate of drug-likeness (QED) is 0.368. The van der Waals surface area contributed by atoms with Crippen LogP contribution in [0.5, 0.6) is 0 Å². The lowest BCUT2D eigenvalue weighted by Gasteiger charge is -2.21. The summed E-state index contributed by atoms with van der Waals surface area (Å²) in [6.07, 6.45) is 0. The molecule has 0 saturated carbocycles. The molecule has 2 amide bonds. The Bertz CT molecular complexity index is 1160. The summed E-state index contributed by atoms with van der Waals surface area (Å²) in [5.41, 5.74) is 1.96. The van der Waals surface area contributed by atoms with Crippen molar-refractivity contribution in [2.75, 3.05) is 16.8 Å². The SMILES string of the molecule is CN(C1=C(c2ccc([N+](=O)[O-])cc2)C(=O)N(c2ccccc2)C1=O)c1ccccc1. The van der Waals surface area contributed by atoms with Gasteiger partial charge in [-0.2, -0.15) is 0 Å². The van der Waals surface area contributed by atoms with E-state index >= 15 is 0 Å². The van der Waals surface area contributed by atoms with Crippen molar-refractivity contribution in [1.29, 1.82) is 0 Å². The van der Waals surface area contributed by atoms with Crippen molar-refractivity contribution in [3.05, 3.63) is 106 Å². The van der Waals surface area contributed by atoms with Crippen molar-refractivity contribution >= 4 is 34.4 Å². The summed E-state index contributed by atoms with van der Waals surface area (Å²) < 4.78 is 0.